The third kappa shape index (κ3) is 6.26. The van der Waals surface area contributed by atoms with Crippen LogP contribution in [0, 0.1) is 5.92 Å². The third-order valence-corrected chi connectivity index (χ3v) is 5.30. The third-order valence-electron chi connectivity index (χ3n) is 4.68. The van der Waals surface area contributed by atoms with Crippen molar-refractivity contribution in [3.8, 4) is 5.75 Å². The van der Waals surface area contributed by atoms with Gasteiger partial charge in [-0.1, -0.05) is 25.3 Å². The zero-order chi connectivity index (χ0) is 16.7. The van der Waals surface area contributed by atoms with Gasteiger partial charge in [-0.05, 0) is 58.8 Å². The molecule has 136 valence electrons. The highest BCUT2D eigenvalue weighted by Gasteiger charge is 2.23. The second-order valence-electron chi connectivity index (χ2n) is 6.28. The van der Waals surface area contributed by atoms with Crippen molar-refractivity contribution in [2.24, 2.45) is 11.7 Å². The smallest absolute Gasteiger partial charge is 0.220 e. The van der Waals surface area contributed by atoms with E-state index >= 15 is 0 Å². The molecule has 6 heteroatoms. The van der Waals surface area contributed by atoms with E-state index in [0.717, 1.165) is 22.2 Å². The first kappa shape index (κ1) is 21.3. The molecule has 1 unspecified atom stereocenters. The molecule has 1 aliphatic rings. The topological polar surface area (TPSA) is 64.3 Å². The van der Waals surface area contributed by atoms with Crippen molar-refractivity contribution in [3.05, 3.63) is 28.2 Å². The lowest BCUT2D eigenvalue weighted by Gasteiger charge is -2.30. The van der Waals surface area contributed by atoms with E-state index in [1.54, 1.807) is 7.11 Å². The maximum absolute atomic E-state index is 12.2. The van der Waals surface area contributed by atoms with E-state index in [1.807, 2.05) is 18.2 Å². The summed E-state index contributed by atoms with van der Waals surface area (Å²) in [6.07, 6.45) is 7.42. The lowest BCUT2D eigenvalue weighted by atomic mass is 9.84. The summed E-state index contributed by atoms with van der Waals surface area (Å²) in [5.74, 6) is 1.45. The van der Waals surface area contributed by atoms with Crippen LogP contribution in [0.25, 0.3) is 0 Å². The first-order valence-corrected chi connectivity index (χ1v) is 9.25. The number of halogens is 2. The molecule has 0 saturated heterocycles. The highest BCUT2D eigenvalue weighted by atomic mass is 79.9. The number of hydrogen-bond donors (Lipinski definition) is 2. The molecule has 1 aliphatic carbocycles. The van der Waals surface area contributed by atoms with Crippen LogP contribution in [-0.2, 0) is 11.2 Å². The van der Waals surface area contributed by atoms with Crippen LogP contribution in [0.2, 0.25) is 0 Å². The molecule has 1 fully saturated rings. The molecular weight excluding hydrogens is 392 g/mol. The maximum atomic E-state index is 12.2. The largest absolute Gasteiger partial charge is 0.496 e. The molecule has 0 aromatic heterocycles. The van der Waals surface area contributed by atoms with Crippen LogP contribution in [0.5, 0.6) is 5.75 Å². The number of amides is 1. The number of hydrogen-bond acceptors (Lipinski definition) is 3. The molecule has 1 atom stereocenters. The summed E-state index contributed by atoms with van der Waals surface area (Å²) >= 11 is 3.48. The number of ether oxygens (including phenoxy) is 1. The van der Waals surface area contributed by atoms with Crippen LogP contribution in [0.15, 0.2) is 22.7 Å². The van der Waals surface area contributed by atoms with E-state index in [2.05, 4.69) is 21.2 Å². The molecule has 0 aliphatic heterocycles. The SMILES string of the molecule is COc1ccc(CCC(=O)NC(CN)C2CCCCC2)cc1Br.Cl. The Hall–Kier alpha value is -0.780. The Morgan fingerprint density at radius 2 is 2.08 bits per heavy atom. The molecule has 3 N–H and O–H groups in total. The normalized spacial score (nSPS) is 16.1. The number of methoxy groups -OCH3 is 1. The van der Waals surface area contributed by atoms with E-state index < -0.39 is 0 Å². The molecule has 1 amide bonds. The quantitative estimate of drug-likeness (QED) is 0.706. The fourth-order valence-electron chi connectivity index (χ4n) is 3.31. The summed E-state index contributed by atoms with van der Waals surface area (Å²) in [6, 6.07) is 6.05. The van der Waals surface area contributed by atoms with E-state index in [0.29, 0.717) is 18.9 Å². The Labute approximate surface area is 159 Å². The monoisotopic (exact) mass is 418 g/mol. The molecule has 4 nitrogen and oxygen atoms in total. The van der Waals surface area contributed by atoms with Crippen molar-refractivity contribution in [1.29, 1.82) is 0 Å². The fourth-order valence-corrected chi connectivity index (χ4v) is 3.90. The van der Waals surface area contributed by atoms with Crippen LogP contribution >= 0.6 is 28.3 Å². The Morgan fingerprint density at radius 3 is 2.67 bits per heavy atom. The van der Waals surface area contributed by atoms with E-state index in [4.69, 9.17) is 10.5 Å². The van der Waals surface area contributed by atoms with Gasteiger partial charge in [-0.25, -0.2) is 0 Å². The zero-order valence-electron chi connectivity index (χ0n) is 14.2. The summed E-state index contributed by atoms with van der Waals surface area (Å²) < 4.78 is 6.14. The van der Waals surface area contributed by atoms with Crippen molar-refractivity contribution >= 4 is 34.2 Å². The number of carbonyl (C=O) groups is 1. The molecule has 0 heterocycles. The lowest BCUT2D eigenvalue weighted by molar-refractivity contribution is -0.122. The molecule has 1 saturated carbocycles. The summed E-state index contributed by atoms with van der Waals surface area (Å²) in [5, 5.41) is 3.14. The molecule has 24 heavy (non-hydrogen) atoms. The number of benzene rings is 1. The Kier molecular flexibility index (Phi) is 9.71. The van der Waals surface area contributed by atoms with Gasteiger partial charge in [0.1, 0.15) is 5.75 Å². The first-order chi connectivity index (χ1) is 11.1. The fraction of sp³-hybridized carbons (Fsp3) is 0.611. The predicted octanol–water partition coefficient (Wildman–Crippen LogP) is 3.84. The van der Waals surface area contributed by atoms with E-state index in [-0.39, 0.29) is 24.4 Å². The van der Waals surface area contributed by atoms with Gasteiger partial charge >= 0.3 is 0 Å². The van der Waals surface area contributed by atoms with E-state index in [1.165, 1.54) is 32.1 Å². The van der Waals surface area contributed by atoms with Crippen molar-refractivity contribution < 1.29 is 9.53 Å². The average Bonchev–Trinajstić information content (AvgIpc) is 2.58. The highest BCUT2D eigenvalue weighted by Crippen LogP contribution is 2.27. The van der Waals surface area contributed by atoms with Gasteiger partial charge in [-0.3, -0.25) is 4.79 Å². The van der Waals surface area contributed by atoms with E-state index in [9.17, 15) is 4.79 Å². The van der Waals surface area contributed by atoms with Crippen LogP contribution < -0.4 is 15.8 Å². The lowest BCUT2D eigenvalue weighted by Crippen LogP contribution is -2.45. The van der Waals surface area contributed by atoms with Gasteiger partial charge in [0.15, 0.2) is 0 Å². The highest BCUT2D eigenvalue weighted by molar-refractivity contribution is 9.10. The number of nitrogens with two attached hydrogens (primary N) is 1. The minimum atomic E-state index is 0. The minimum absolute atomic E-state index is 0. The number of carbonyl (C=O) groups excluding carboxylic acids is 1. The summed E-state index contributed by atoms with van der Waals surface area (Å²) in [7, 11) is 1.64. The first-order valence-electron chi connectivity index (χ1n) is 8.46. The number of nitrogens with one attached hydrogen (secondary N) is 1. The van der Waals surface area contributed by atoms with Crippen molar-refractivity contribution in [2.75, 3.05) is 13.7 Å². The molecule has 2 rings (SSSR count). The maximum Gasteiger partial charge on any atom is 0.220 e. The van der Waals surface area contributed by atoms with Crippen molar-refractivity contribution in [1.82, 2.24) is 5.32 Å². The molecule has 0 bridgehead atoms. The van der Waals surface area contributed by atoms with Gasteiger partial charge < -0.3 is 15.8 Å². The summed E-state index contributed by atoms with van der Waals surface area (Å²) in [4.78, 5) is 12.2. The van der Waals surface area contributed by atoms with Crippen LogP contribution in [-0.4, -0.2) is 25.6 Å². The molecule has 0 spiro atoms. The van der Waals surface area contributed by atoms with Crippen LogP contribution in [0.4, 0.5) is 0 Å². The molecule has 1 aromatic carbocycles. The zero-order valence-corrected chi connectivity index (χ0v) is 16.6. The average molecular weight is 420 g/mol. The number of rotatable bonds is 7. The van der Waals surface area contributed by atoms with Gasteiger partial charge in [0.2, 0.25) is 5.91 Å². The summed E-state index contributed by atoms with van der Waals surface area (Å²) in [5.41, 5.74) is 7.00. The van der Waals surface area contributed by atoms with Gasteiger partial charge in [-0.2, -0.15) is 0 Å². The van der Waals surface area contributed by atoms with Crippen molar-refractivity contribution in [3.63, 3.8) is 0 Å². The van der Waals surface area contributed by atoms with Gasteiger partial charge in [0.05, 0.1) is 11.6 Å². The van der Waals surface area contributed by atoms with Gasteiger partial charge in [-0.15, -0.1) is 12.4 Å². The Morgan fingerprint density at radius 1 is 1.38 bits per heavy atom. The number of aryl methyl sites for hydroxylation is 1. The van der Waals surface area contributed by atoms with Crippen molar-refractivity contribution in [2.45, 2.75) is 51.0 Å². The summed E-state index contributed by atoms with van der Waals surface area (Å²) in [6.45, 7) is 0.532. The second kappa shape index (κ2) is 11.0. The standard InChI is InChI=1S/C18H27BrN2O2.ClH/c1-23-17-9-7-13(11-15(17)19)8-10-18(22)21-16(12-20)14-5-3-2-4-6-14;/h7,9,11,14,16H,2-6,8,10,12,20H2,1H3,(H,21,22);1H. The minimum Gasteiger partial charge on any atom is -0.496 e. The van der Waals surface area contributed by atoms with Gasteiger partial charge in [0, 0.05) is 19.0 Å². The Balaban J connectivity index is 0.00000288. The Bertz CT molecular complexity index is 522. The second-order valence-corrected chi connectivity index (χ2v) is 7.13. The predicted molar refractivity (Wildman–Crippen MR) is 104 cm³/mol. The molecular formula is C18H28BrClN2O2. The van der Waals surface area contributed by atoms with Crippen LogP contribution in [0.3, 0.4) is 0 Å². The van der Waals surface area contributed by atoms with Crippen LogP contribution in [0.1, 0.15) is 44.1 Å². The molecule has 0 radical (unpaired) electrons. The molecule has 1 aromatic rings. The van der Waals surface area contributed by atoms with Gasteiger partial charge in [0.25, 0.3) is 0 Å².